The summed E-state index contributed by atoms with van der Waals surface area (Å²) in [6.45, 7) is 9.71. The van der Waals surface area contributed by atoms with E-state index in [-0.39, 0.29) is 12.1 Å². The van der Waals surface area contributed by atoms with E-state index in [0.29, 0.717) is 30.0 Å². The average Bonchev–Trinajstić information content (AvgIpc) is 3.32. The van der Waals surface area contributed by atoms with Crippen LogP contribution in [0.4, 0.5) is 5.95 Å². The number of piperazine rings is 1. The van der Waals surface area contributed by atoms with Gasteiger partial charge in [0.15, 0.2) is 5.65 Å². The molecule has 0 bridgehead atoms. The Bertz CT molecular complexity index is 1360. The molecule has 11 heteroatoms. The lowest BCUT2D eigenvalue weighted by Crippen LogP contribution is -2.50. The van der Waals surface area contributed by atoms with E-state index in [0.717, 1.165) is 80.4 Å². The summed E-state index contributed by atoms with van der Waals surface area (Å²) < 4.78 is 30.3. The fourth-order valence-electron chi connectivity index (χ4n) is 5.55. The van der Waals surface area contributed by atoms with Crippen LogP contribution in [0.15, 0.2) is 35.4 Å². The van der Waals surface area contributed by atoms with E-state index >= 15 is 0 Å². The third-order valence-electron chi connectivity index (χ3n) is 8.04. The van der Waals surface area contributed by atoms with Crippen LogP contribution in [0.5, 0.6) is 0 Å². The Hall–Kier alpha value is -2.60. The first kappa shape index (κ1) is 27.9. The molecule has 0 radical (unpaired) electrons. The second-order valence-electron chi connectivity index (χ2n) is 11.0. The van der Waals surface area contributed by atoms with E-state index in [2.05, 4.69) is 36.0 Å². The lowest BCUT2D eigenvalue weighted by molar-refractivity contribution is 0.109. The van der Waals surface area contributed by atoms with Crippen molar-refractivity contribution in [2.24, 2.45) is 0 Å². The molecule has 0 spiro atoms. The van der Waals surface area contributed by atoms with Crippen LogP contribution in [0.25, 0.3) is 22.3 Å². The van der Waals surface area contributed by atoms with Gasteiger partial charge in [-0.2, -0.15) is 14.4 Å². The molecular weight excluding hydrogens is 514 g/mol. The predicted octanol–water partition coefficient (Wildman–Crippen LogP) is 3.90. The zero-order chi connectivity index (χ0) is 27.6. The van der Waals surface area contributed by atoms with E-state index in [1.165, 1.54) is 0 Å². The molecule has 0 amide bonds. The van der Waals surface area contributed by atoms with Gasteiger partial charge in [-0.1, -0.05) is 25.5 Å². The number of aliphatic hydroxyl groups is 1. The molecule has 10 nitrogen and oxygen atoms in total. The molecule has 5 rings (SSSR count). The highest BCUT2D eigenvalue weighted by Crippen LogP contribution is 2.35. The summed E-state index contributed by atoms with van der Waals surface area (Å²) in [4.78, 5) is 12.0. The minimum Gasteiger partial charge on any atom is -0.393 e. The summed E-state index contributed by atoms with van der Waals surface area (Å²) in [7, 11) is -3.56. The fraction of sp³-hybridized carbons (Fsp3) is 0.607. The Kier molecular flexibility index (Phi) is 8.51. The van der Waals surface area contributed by atoms with Crippen LogP contribution in [0.2, 0.25) is 0 Å². The third-order valence-corrected chi connectivity index (χ3v) is 9.96. The van der Waals surface area contributed by atoms with Crippen LogP contribution in [-0.4, -0.2) is 87.3 Å². The van der Waals surface area contributed by atoms with Crippen molar-refractivity contribution in [3.8, 4) is 11.3 Å². The van der Waals surface area contributed by atoms with Crippen LogP contribution in [0.3, 0.4) is 0 Å². The normalized spacial score (nSPS) is 21.6. The van der Waals surface area contributed by atoms with E-state index < -0.39 is 10.0 Å². The molecule has 212 valence electrons. The standard InChI is InChI=1S/C28H41N7O3S/c1-4-5-14-29-28-30-19-25-26(32-35(27(25)31-28)22-8-10-23(36)11-9-22)21-6-12-24(13-7-21)39(37,38)34-17-15-33(16-18-34)20(2)3/h6-7,12-13,19-20,22-23,36H,4-5,8-11,14-18H2,1-3H3,(H,29,30,31)/t22-,23-. The molecule has 39 heavy (non-hydrogen) atoms. The molecule has 2 aromatic heterocycles. The number of hydrogen-bond acceptors (Lipinski definition) is 8. The quantitative estimate of drug-likeness (QED) is 0.382. The third kappa shape index (κ3) is 5.96. The maximum Gasteiger partial charge on any atom is 0.243 e. The summed E-state index contributed by atoms with van der Waals surface area (Å²) in [5.41, 5.74) is 2.33. The first-order valence-corrected chi connectivity index (χ1v) is 15.7. The Morgan fingerprint density at radius 2 is 1.74 bits per heavy atom. The van der Waals surface area contributed by atoms with Gasteiger partial charge < -0.3 is 10.4 Å². The Morgan fingerprint density at radius 1 is 1.05 bits per heavy atom. The molecule has 0 atom stereocenters. The van der Waals surface area contributed by atoms with E-state index in [1.54, 1.807) is 16.4 Å². The minimum atomic E-state index is -3.56. The van der Waals surface area contributed by atoms with Crippen LogP contribution in [0, 0.1) is 0 Å². The lowest BCUT2D eigenvalue weighted by atomic mass is 9.93. The summed E-state index contributed by atoms with van der Waals surface area (Å²) in [6, 6.07) is 7.59. The minimum absolute atomic E-state index is 0.146. The van der Waals surface area contributed by atoms with Crippen LogP contribution < -0.4 is 5.32 Å². The molecule has 1 aliphatic carbocycles. The highest BCUT2D eigenvalue weighted by molar-refractivity contribution is 7.89. The Morgan fingerprint density at radius 3 is 2.38 bits per heavy atom. The number of hydrogen-bond donors (Lipinski definition) is 2. The number of sulfonamides is 1. The second kappa shape index (κ2) is 11.9. The number of aromatic nitrogens is 4. The first-order chi connectivity index (χ1) is 18.8. The summed E-state index contributed by atoms with van der Waals surface area (Å²) in [6.07, 6.45) is 6.83. The monoisotopic (exact) mass is 555 g/mol. The smallest absolute Gasteiger partial charge is 0.243 e. The number of aliphatic hydroxyl groups excluding tert-OH is 1. The van der Waals surface area contributed by atoms with Crippen molar-refractivity contribution < 1.29 is 13.5 Å². The van der Waals surface area contributed by atoms with Crippen molar-refractivity contribution in [3.63, 3.8) is 0 Å². The van der Waals surface area contributed by atoms with Gasteiger partial charge in [-0.25, -0.2) is 18.1 Å². The molecule has 2 fully saturated rings. The second-order valence-corrected chi connectivity index (χ2v) is 13.0. The van der Waals surface area contributed by atoms with Gasteiger partial charge in [-0.05, 0) is 58.1 Å². The van der Waals surface area contributed by atoms with E-state index in [9.17, 15) is 13.5 Å². The fourth-order valence-corrected chi connectivity index (χ4v) is 6.97. The van der Waals surface area contributed by atoms with Crippen molar-refractivity contribution in [2.45, 2.75) is 82.4 Å². The number of anilines is 1. The average molecular weight is 556 g/mol. The van der Waals surface area contributed by atoms with Gasteiger partial charge in [0, 0.05) is 50.5 Å². The van der Waals surface area contributed by atoms with Crippen LogP contribution in [0.1, 0.15) is 65.3 Å². The predicted molar refractivity (Wildman–Crippen MR) is 153 cm³/mol. The first-order valence-electron chi connectivity index (χ1n) is 14.3. The molecule has 3 heterocycles. The topological polar surface area (TPSA) is 116 Å². The molecule has 2 aliphatic rings. The molecule has 1 aromatic carbocycles. The lowest BCUT2D eigenvalue weighted by Gasteiger charge is -2.36. The summed E-state index contributed by atoms with van der Waals surface area (Å²) >= 11 is 0. The zero-order valence-electron chi connectivity index (χ0n) is 23.3. The highest BCUT2D eigenvalue weighted by Gasteiger charge is 2.30. The van der Waals surface area contributed by atoms with Gasteiger partial charge in [0.25, 0.3) is 0 Å². The molecule has 0 unspecified atom stereocenters. The number of benzene rings is 1. The number of fused-ring (bicyclic) bond motifs is 1. The molecule has 1 saturated carbocycles. The molecular formula is C28H41N7O3S. The van der Waals surface area contributed by atoms with Gasteiger partial charge in [0.2, 0.25) is 16.0 Å². The van der Waals surface area contributed by atoms with Gasteiger partial charge in [0.05, 0.1) is 22.4 Å². The maximum absolute atomic E-state index is 13.3. The SMILES string of the molecule is CCCCNc1ncc2c(-c3ccc(S(=O)(=O)N4CCN(C(C)C)CC4)cc3)nn([C@H]3CC[C@H](O)CC3)c2n1. The van der Waals surface area contributed by atoms with Crippen molar-refractivity contribution in [1.29, 1.82) is 0 Å². The van der Waals surface area contributed by atoms with Crippen molar-refractivity contribution in [1.82, 2.24) is 29.0 Å². The molecule has 2 N–H and O–H groups in total. The van der Waals surface area contributed by atoms with E-state index in [4.69, 9.17) is 10.1 Å². The van der Waals surface area contributed by atoms with E-state index in [1.807, 2.05) is 23.0 Å². The van der Waals surface area contributed by atoms with Crippen molar-refractivity contribution in [3.05, 3.63) is 30.5 Å². The van der Waals surface area contributed by atoms with Gasteiger partial charge in [0.1, 0.15) is 5.69 Å². The largest absolute Gasteiger partial charge is 0.393 e. The zero-order valence-corrected chi connectivity index (χ0v) is 24.1. The molecule has 3 aromatic rings. The van der Waals surface area contributed by atoms with Gasteiger partial charge in [-0.3, -0.25) is 4.90 Å². The Labute approximate surface area is 231 Å². The summed E-state index contributed by atoms with van der Waals surface area (Å²) in [5.74, 6) is 0.582. The van der Waals surface area contributed by atoms with Crippen molar-refractivity contribution >= 4 is 27.0 Å². The number of rotatable bonds is 9. The maximum atomic E-state index is 13.3. The molecule has 1 aliphatic heterocycles. The van der Waals surface area contributed by atoms with Crippen LogP contribution in [-0.2, 0) is 10.0 Å². The van der Waals surface area contributed by atoms with Gasteiger partial charge >= 0.3 is 0 Å². The van der Waals surface area contributed by atoms with Crippen molar-refractivity contribution in [2.75, 3.05) is 38.0 Å². The highest BCUT2D eigenvalue weighted by atomic mass is 32.2. The summed E-state index contributed by atoms with van der Waals surface area (Å²) in [5, 5.41) is 19.2. The number of unbranched alkanes of at least 4 members (excludes halogenated alkanes) is 1. The number of nitrogens with zero attached hydrogens (tertiary/aromatic N) is 6. The van der Waals surface area contributed by atoms with Crippen LogP contribution >= 0.6 is 0 Å². The Balaban J connectivity index is 1.43. The molecule has 1 saturated heterocycles. The number of nitrogens with one attached hydrogen (secondary N) is 1. The van der Waals surface area contributed by atoms with Gasteiger partial charge in [-0.15, -0.1) is 0 Å².